The van der Waals surface area contributed by atoms with E-state index in [2.05, 4.69) is 51.9 Å². The third-order valence-electron chi connectivity index (χ3n) is 3.77. The number of benzene rings is 1. The van der Waals surface area contributed by atoms with Crippen molar-refractivity contribution in [1.82, 2.24) is 4.57 Å². The highest BCUT2D eigenvalue weighted by Crippen LogP contribution is 2.50. The van der Waals surface area contributed by atoms with Gasteiger partial charge in [0.2, 0.25) is 0 Å². The van der Waals surface area contributed by atoms with Crippen LogP contribution in [0.1, 0.15) is 18.4 Å². The highest BCUT2D eigenvalue weighted by Gasteiger charge is 2.44. The minimum atomic E-state index is 0.271. The first kappa shape index (κ1) is 10.4. The largest absolute Gasteiger partial charge is 0.350 e. The molecule has 1 aliphatic rings. The summed E-state index contributed by atoms with van der Waals surface area (Å²) in [6.07, 6.45) is 4.72. The molecule has 3 rings (SSSR count). The molecule has 3 heteroatoms. The molecule has 84 valence electrons. The Balaban J connectivity index is 2.27. The van der Waals surface area contributed by atoms with E-state index in [0.29, 0.717) is 0 Å². The first-order valence-corrected chi connectivity index (χ1v) is 6.41. The van der Waals surface area contributed by atoms with Crippen molar-refractivity contribution >= 4 is 26.8 Å². The maximum absolute atomic E-state index is 5.91. The number of nitrogens with zero attached hydrogens (tertiary/aromatic N) is 1. The van der Waals surface area contributed by atoms with Crippen LogP contribution in [0.25, 0.3) is 10.9 Å². The molecule has 1 aromatic carbocycles. The molecular weight excluding hydrogens is 264 g/mol. The molecule has 0 spiro atoms. The Morgan fingerprint density at radius 1 is 1.44 bits per heavy atom. The molecule has 2 nitrogen and oxygen atoms in total. The lowest BCUT2D eigenvalue weighted by atomic mass is 9.96. The fourth-order valence-corrected chi connectivity index (χ4v) is 2.86. The second kappa shape index (κ2) is 3.34. The lowest BCUT2D eigenvalue weighted by molar-refractivity contribution is 0.706. The molecule has 0 unspecified atom stereocenters. The first-order valence-electron chi connectivity index (χ1n) is 5.61. The van der Waals surface area contributed by atoms with E-state index in [1.807, 2.05) is 0 Å². The minimum Gasteiger partial charge on any atom is -0.350 e. The third-order valence-corrected chi connectivity index (χ3v) is 4.26. The zero-order chi connectivity index (χ0) is 11.3. The summed E-state index contributed by atoms with van der Waals surface area (Å²) in [4.78, 5) is 0. The van der Waals surface area contributed by atoms with Gasteiger partial charge in [-0.1, -0.05) is 22.0 Å². The predicted molar refractivity (Wildman–Crippen MR) is 70.6 cm³/mol. The van der Waals surface area contributed by atoms with E-state index in [0.717, 1.165) is 11.0 Å². The average molecular weight is 279 g/mol. The number of aromatic nitrogens is 1. The summed E-state index contributed by atoms with van der Waals surface area (Å²) in [6, 6.07) is 6.48. The first-order chi connectivity index (χ1) is 7.66. The van der Waals surface area contributed by atoms with E-state index >= 15 is 0 Å². The fourth-order valence-electron chi connectivity index (χ4n) is 2.51. The molecule has 0 radical (unpaired) electrons. The summed E-state index contributed by atoms with van der Waals surface area (Å²) in [5.74, 6) is 0. The van der Waals surface area contributed by atoms with Gasteiger partial charge in [0, 0.05) is 40.6 Å². The molecular formula is C13H15BrN2. The van der Waals surface area contributed by atoms with Gasteiger partial charge in [-0.25, -0.2) is 0 Å². The number of fused-ring (bicyclic) bond motifs is 1. The molecule has 1 aromatic heterocycles. The summed E-state index contributed by atoms with van der Waals surface area (Å²) in [5, 5.41) is 1.36. The van der Waals surface area contributed by atoms with E-state index in [-0.39, 0.29) is 5.41 Å². The van der Waals surface area contributed by atoms with Crippen LogP contribution in [0.4, 0.5) is 0 Å². The summed E-state index contributed by atoms with van der Waals surface area (Å²) in [7, 11) is 2.10. The highest BCUT2D eigenvalue weighted by molar-refractivity contribution is 9.10. The topological polar surface area (TPSA) is 30.9 Å². The molecule has 2 aromatic rings. The molecule has 16 heavy (non-hydrogen) atoms. The number of hydrogen-bond donors (Lipinski definition) is 1. The monoisotopic (exact) mass is 278 g/mol. The van der Waals surface area contributed by atoms with Gasteiger partial charge in [0.25, 0.3) is 0 Å². The van der Waals surface area contributed by atoms with Crippen molar-refractivity contribution < 1.29 is 0 Å². The van der Waals surface area contributed by atoms with Gasteiger partial charge in [-0.2, -0.15) is 0 Å². The van der Waals surface area contributed by atoms with Crippen LogP contribution < -0.4 is 5.73 Å². The van der Waals surface area contributed by atoms with Crippen LogP contribution in [-0.2, 0) is 12.5 Å². The van der Waals surface area contributed by atoms with Crippen molar-refractivity contribution in [3.63, 3.8) is 0 Å². The van der Waals surface area contributed by atoms with Gasteiger partial charge >= 0.3 is 0 Å². The molecule has 1 heterocycles. The average Bonchev–Trinajstić information content (AvgIpc) is 3.01. The van der Waals surface area contributed by atoms with E-state index in [9.17, 15) is 0 Å². The predicted octanol–water partition coefficient (Wildman–Crippen LogP) is 2.93. The Kier molecular flexibility index (Phi) is 2.17. The molecule has 1 fully saturated rings. The Morgan fingerprint density at radius 3 is 2.81 bits per heavy atom. The normalized spacial score (nSPS) is 17.9. The number of halogens is 1. The van der Waals surface area contributed by atoms with Gasteiger partial charge in [-0.3, -0.25) is 0 Å². The quantitative estimate of drug-likeness (QED) is 0.900. The van der Waals surface area contributed by atoms with Crippen LogP contribution in [0.3, 0.4) is 0 Å². The summed E-state index contributed by atoms with van der Waals surface area (Å²) in [6.45, 7) is 0.766. The van der Waals surface area contributed by atoms with Crippen molar-refractivity contribution in [2.24, 2.45) is 12.8 Å². The van der Waals surface area contributed by atoms with Crippen LogP contribution in [0, 0.1) is 0 Å². The zero-order valence-corrected chi connectivity index (χ0v) is 10.9. The van der Waals surface area contributed by atoms with Gasteiger partial charge in [0.15, 0.2) is 0 Å². The Bertz CT molecular complexity index is 552. The Labute approximate surface area is 104 Å². The zero-order valence-electron chi connectivity index (χ0n) is 9.33. The lowest BCUT2D eigenvalue weighted by Gasteiger charge is -2.10. The van der Waals surface area contributed by atoms with Crippen molar-refractivity contribution in [2.75, 3.05) is 6.54 Å². The highest BCUT2D eigenvalue weighted by atomic mass is 79.9. The molecule has 1 aliphatic carbocycles. The van der Waals surface area contributed by atoms with Crippen molar-refractivity contribution in [3.8, 4) is 0 Å². The molecule has 2 N–H and O–H groups in total. The summed E-state index contributed by atoms with van der Waals surface area (Å²) >= 11 is 3.52. The lowest BCUT2D eigenvalue weighted by Crippen LogP contribution is -2.19. The molecule has 0 amide bonds. The summed E-state index contributed by atoms with van der Waals surface area (Å²) < 4.78 is 3.33. The Hall–Kier alpha value is -0.800. The van der Waals surface area contributed by atoms with Crippen LogP contribution >= 0.6 is 15.9 Å². The van der Waals surface area contributed by atoms with E-state index < -0.39 is 0 Å². The van der Waals surface area contributed by atoms with Crippen LogP contribution in [0.15, 0.2) is 28.9 Å². The van der Waals surface area contributed by atoms with E-state index in [4.69, 9.17) is 5.73 Å². The molecule has 1 saturated carbocycles. The van der Waals surface area contributed by atoms with Crippen molar-refractivity contribution in [2.45, 2.75) is 18.3 Å². The fraction of sp³-hybridized carbons (Fsp3) is 0.385. The van der Waals surface area contributed by atoms with E-state index in [1.165, 1.54) is 29.3 Å². The summed E-state index contributed by atoms with van der Waals surface area (Å²) in [5.41, 5.74) is 8.90. The van der Waals surface area contributed by atoms with Gasteiger partial charge in [-0.05, 0) is 30.5 Å². The van der Waals surface area contributed by atoms with Crippen LogP contribution in [0.5, 0.6) is 0 Å². The molecule has 0 bridgehead atoms. The number of hydrogen-bond acceptors (Lipinski definition) is 1. The second-order valence-electron chi connectivity index (χ2n) is 4.80. The third kappa shape index (κ3) is 1.35. The maximum Gasteiger partial charge on any atom is 0.0492 e. The molecule has 0 atom stereocenters. The number of nitrogens with two attached hydrogens (primary N) is 1. The van der Waals surface area contributed by atoms with Crippen molar-refractivity contribution in [1.29, 1.82) is 0 Å². The van der Waals surface area contributed by atoms with Crippen LogP contribution in [-0.4, -0.2) is 11.1 Å². The minimum absolute atomic E-state index is 0.271. The van der Waals surface area contributed by atoms with Gasteiger partial charge in [0.1, 0.15) is 0 Å². The Morgan fingerprint density at radius 2 is 2.19 bits per heavy atom. The molecule has 0 aliphatic heterocycles. The number of aryl methyl sites for hydroxylation is 1. The number of rotatable bonds is 2. The standard InChI is InChI=1S/C13H15BrN2/c1-16-7-11(13(8-15)4-5-13)10-3-2-9(14)6-12(10)16/h2-3,6-7H,4-5,8,15H2,1H3. The van der Waals surface area contributed by atoms with Crippen molar-refractivity contribution in [3.05, 3.63) is 34.4 Å². The smallest absolute Gasteiger partial charge is 0.0492 e. The van der Waals surface area contributed by atoms with Gasteiger partial charge < -0.3 is 10.3 Å². The van der Waals surface area contributed by atoms with E-state index in [1.54, 1.807) is 0 Å². The van der Waals surface area contributed by atoms with Gasteiger partial charge in [0.05, 0.1) is 0 Å². The second-order valence-corrected chi connectivity index (χ2v) is 5.72. The van der Waals surface area contributed by atoms with Crippen LogP contribution in [0.2, 0.25) is 0 Å². The SMILES string of the molecule is Cn1cc(C2(CN)CC2)c2ccc(Br)cc21. The van der Waals surface area contributed by atoms with Gasteiger partial charge in [-0.15, -0.1) is 0 Å². The molecule has 0 saturated heterocycles. The maximum atomic E-state index is 5.91.